The van der Waals surface area contributed by atoms with Gasteiger partial charge in [-0.05, 0) is 42.6 Å². The molecular formula is C19H24N2O4. The maximum absolute atomic E-state index is 11.2. The number of ether oxygens (including phenoxy) is 1. The number of nitrogens with zero attached hydrogens (tertiary/aromatic N) is 1. The van der Waals surface area contributed by atoms with Crippen molar-refractivity contribution in [3.8, 4) is 16.9 Å². The molecule has 1 unspecified atom stereocenters. The second-order valence-electron chi connectivity index (χ2n) is 6.37. The van der Waals surface area contributed by atoms with Gasteiger partial charge in [0.1, 0.15) is 5.75 Å². The van der Waals surface area contributed by atoms with Crippen molar-refractivity contribution in [3.63, 3.8) is 0 Å². The van der Waals surface area contributed by atoms with Gasteiger partial charge >= 0.3 is 0 Å². The van der Waals surface area contributed by atoms with Gasteiger partial charge in [-0.1, -0.05) is 18.2 Å². The molecule has 2 aromatic rings. The van der Waals surface area contributed by atoms with E-state index in [1.807, 2.05) is 24.3 Å². The Labute approximate surface area is 147 Å². The van der Waals surface area contributed by atoms with Gasteiger partial charge in [0.15, 0.2) is 5.69 Å². The maximum Gasteiger partial charge on any atom is 0.164 e. The molecule has 0 spiro atoms. The third kappa shape index (κ3) is 4.00. The maximum atomic E-state index is 11.2. The number of aliphatic hydroxyl groups is 1. The zero-order valence-electron chi connectivity index (χ0n) is 14.3. The summed E-state index contributed by atoms with van der Waals surface area (Å²) in [7, 11) is 1.61. The SMILES string of the molecule is COc1ccc(CN2CCC[C@@H]2CO)cc1-c1cccc([NH+]([O-])O)c1. The average molecular weight is 344 g/mol. The van der Waals surface area contributed by atoms with Crippen LogP contribution in [-0.2, 0) is 6.54 Å². The second-order valence-corrected chi connectivity index (χ2v) is 6.37. The van der Waals surface area contributed by atoms with Crippen LogP contribution in [0.4, 0.5) is 5.69 Å². The van der Waals surface area contributed by atoms with Crippen LogP contribution in [0.2, 0.25) is 0 Å². The molecule has 134 valence electrons. The topological polar surface area (TPSA) is 80.4 Å². The fraction of sp³-hybridized carbons (Fsp3) is 0.368. The highest BCUT2D eigenvalue weighted by molar-refractivity contribution is 5.73. The van der Waals surface area contributed by atoms with Crippen molar-refractivity contribution in [2.75, 3.05) is 20.3 Å². The number of rotatable bonds is 6. The fourth-order valence-electron chi connectivity index (χ4n) is 3.44. The number of methoxy groups -OCH3 is 1. The van der Waals surface area contributed by atoms with Crippen LogP contribution >= 0.6 is 0 Å². The highest BCUT2D eigenvalue weighted by Gasteiger charge is 2.23. The van der Waals surface area contributed by atoms with Crippen LogP contribution in [0.5, 0.6) is 5.75 Å². The summed E-state index contributed by atoms with van der Waals surface area (Å²) in [4.78, 5) is 2.29. The van der Waals surface area contributed by atoms with E-state index < -0.39 is 5.23 Å². The summed E-state index contributed by atoms with van der Waals surface area (Å²) in [6.45, 7) is 1.94. The first-order chi connectivity index (χ1) is 12.1. The van der Waals surface area contributed by atoms with Gasteiger partial charge in [0.2, 0.25) is 0 Å². The Morgan fingerprint density at radius 1 is 1.28 bits per heavy atom. The number of benzene rings is 2. The lowest BCUT2D eigenvalue weighted by Crippen LogP contribution is -2.99. The minimum absolute atomic E-state index is 0.184. The molecule has 25 heavy (non-hydrogen) atoms. The molecule has 1 saturated heterocycles. The predicted octanol–water partition coefficient (Wildman–Crippen LogP) is 1.72. The number of aliphatic hydroxyl groups excluding tert-OH is 1. The highest BCUT2D eigenvalue weighted by atomic mass is 16.8. The molecule has 3 N–H and O–H groups in total. The Morgan fingerprint density at radius 2 is 2.12 bits per heavy atom. The zero-order valence-corrected chi connectivity index (χ0v) is 14.3. The van der Waals surface area contributed by atoms with Crippen molar-refractivity contribution in [3.05, 3.63) is 53.2 Å². The molecule has 0 aliphatic carbocycles. The Balaban J connectivity index is 1.91. The Bertz CT molecular complexity index is 720. The summed E-state index contributed by atoms with van der Waals surface area (Å²) in [6.07, 6.45) is 2.13. The van der Waals surface area contributed by atoms with E-state index in [-0.39, 0.29) is 18.3 Å². The molecule has 1 fully saturated rings. The molecule has 0 amide bonds. The smallest absolute Gasteiger partial charge is 0.164 e. The molecule has 6 heteroatoms. The van der Waals surface area contributed by atoms with E-state index in [0.717, 1.165) is 42.6 Å². The molecule has 6 nitrogen and oxygen atoms in total. The molecular weight excluding hydrogens is 320 g/mol. The van der Waals surface area contributed by atoms with Crippen LogP contribution < -0.4 is 9.96 Å². The van der Waals surface area contributed by atoms with Crippen molar-refractivity contribution in [2.24, 2.45) is 0 Å². The first-order valence-corrected chi connectivity index (χ1v) is 8.48. The Morgan fingerprint density at radius 3 is 2.84 bits per heavy atom. The van der Waals surface area contributed by atoms with Gasteiger partial charge in [-0.2, -0.15) is 5.23 Å². The van der Waals surface area contributed by atoms with Gasteiger partial charge < -0.3 is 15.1 Å². The predicted molar refractivity (Wildman–Crippen MR) is 94.7 cm³/mol. The van der Waals surface area contributed by atoms with Crippen LogP contribution in [0, 0.1) is 5.21 Å². The zero-order chi connectivity index (χ0) is 17.8. The normalized spacial score (nSPS) is 19.1. The van der Waals surface area contributed by atoms with Crippen LogP contribution in [-0.4, -0.2) is 41.5 Å². The number of likely N-dealkylation sites (tertiary alicyclic amines) is 1. The average Bonchev–Trinajstić information content (AvgIpc) is 3.09. The van der Waals surface area contributed by atoms with Crippen LogP contribution in [0.3, 0.4) is 0 Å². The van der Waals surface area contributed by atoms with Crippen LogP contribution in [0.25, 0.3) is 11.1 Å². The minimum atomic E-state index is -0.945. The summed E-state index contributed by atoms with van der Waals surface area (Å²) >= 11 is 0. The second kappa shape index (κ2) is 7.95. The lowest BCUT2D eigenvalue weighted by atomic mass is 10.0. The molecule has 1 aliphatic rings. The van der Waals surface area contributed by atoms with Crippen molar-refractivity contribution in [2.45, 2.75) is 25.4 Å². The molecule has 2 aromatic carbocycles. The summed E-state index contributed by atoms with van der Waals surface area (Å²) in [6, 6.07) is 13.1. The van der Waals surface area contributed by atoms with E-state index >= 15 is 0 Å². The largest absolute Gasteiger partial charge is 0.595 e. The minimum Gasteiger partial charge on any atom is -0.595 e. The molecule has 0 bridgehead atoms. The molecule has 1 aliphatic heterocycles. The Kier molecular flexibility index (Phi) is 5.67. The third-order valence-electron chi connectivity index (χ3n) is 4.78. The lowest BCUT2D eigenvalue weighted by Gasteiger charge is -2.23. The molecule has 0 saturated carbocycles. The fourth-order valence-corrected chi connectivity index (χ4v) is 3.44. The van der Waals surface area contributed by atoms with E-state index in [4.69, 9.17) is 4.74 Å². The number of hydrogen-bond acceptors (Lipinski definition) is 5. The van der Waals surface area contributed by atoms with Crippen molar-refractivity contribution in [1.82, 2.24) is 4.90 Å². The quantitative estimate of drug-likeness (QED) is 0.696. The van der Waals surface area contributed by atoms with Gasteiger partial charge in [0.25, 0.3) is 0 Å². The molecule has 0 aromatic heterocycles. The lowest BCUT2D eigenvalue weighted by molar-refractivity contribution is -0.991. The van der Waals surface area contributed by atoms with E-state index in [1.54, 1.807) is 25.3 Å². The van der Waals surface area contributed by atoms with Crippen molar-refractivity contribution in [1.29, 1.82) is 0 Å². The van der Waals surface area contributed by atoms with Gasteiger partial charge in [-0.15, -0.1) is 0 Å². The van der Waals surface area contributed by atoms with E-state index in [9.17, 15) is 15.5 Å². The first-order valence-electron chi connectivity index (χ1n) is 8.48. The number of nitrogens with one attached hydrogen (secondary N) is 1. The monoisotopic (exact) mass is 344 g/mol. The van der Waals surface area contributed by atoms with Crippen LogP contribution in [0.15, 0.2) is 42.5 Å². The van der Waals surface area contributed by atoms with Crippen LogP contribution in [0.1, 0.15) is 18.4 Å². The van der Waals surface area contributed by atoms with E-state index in [2.05, 4.69) is 4.90 Å². The number of hydrogen-bond donors (Lipinski definition) is 3. The summed E-state index contributed by atoms with van der Waals surface area (Å²) in [5.74, 6) is 0.714. The molecule has 3 rings (SSSR count). The summed E-state index contributed by atoms with van der Waals surface area (Å²) in [5, 5.41) is 29.0. The highest BCUT2D eigenvalue weighted by Crippen LogP contribution is 2.32. The number of quaternary nitrogens is 1. The van der Waals surface area contributed by atoms with Gasteiger partial charge in [0.05, 0.1) is 13.7 Å². The molecule has 0 radical (unpaired) electrons. The molecule has 2 atom stereocenters. The van der Waals surface area contributed by atoms with Gasteiger partial charge in [-0.25, -0.2) is 5.21 Å². The van der Waals surface area contributed by atoms with Gasteiger partial charge in [-0.3, -0.25) is 4.90 Å². The van der Waals surface area contributed by atoms with Crippen molar-refractivity contribution >= 4 is 5.69 Å². The third-order valence-corrected chi connectivity index (χ3v) is 4.78. The van der Waals surface area contributed by atoms with Crippen molar-refractivity contribution < 1.29 is 20.3 Å². The van der Waals surface area contributed by atoms with E-state index in [1.165, 1.54) is 0 Å². The van der Waals surface area contributed by atoms with Gasteiger partial charge in [0, 0.05) is 30.3 Å². The summed E-state index contributed by atoms with van der Waals surface area (Å²) in [5.41, 5.74) is 3.07. The first kappa shape index (κ1) is 17.8. The van der Waals surface area contributed by atoms with E-state index in [0.29, 0.717) is 5.75 Å². The molecule has 1 heterocycles. The summed E-state index contributed by atoms with van der Waals surface area (Å²) < 4.78 is 5.47. The standard InChI is InChI=1S/C19H24N2O4/c1-25-19-8-7-14(12-20-9-3-6-17(20)13-22)10-18(19)15-4-2-5-16(11-15)21(23)24/h2,4-5,7-8,10-11,17,21-23H,3,6,9,12-13H2,1H3/t17-/m1/s1. The Hall–Kier alpha value is -1.96.